The smallest absolute Gasteiger partial charge is 0.416 e. The number of amidine groups is 2. The highest BCUT2D eigenvalue weighted by atomic mass is 32.2. The highest BCUT2D eigenvalue weighted by Crippen LogP contribution is 2.39. The Hall–Kier alpha value is -7.32. The standard InChI is InChI=1S/C33H41F3N4O7S.C33H39F3N4O7S/c2*1-23-19-25-6-5-24(23)7-18-48(44,45)40-10-8-32(9-11-40)31(43)37-29(38-32)26-20-27(33(34,35)36)22-28(21-26)47-16-4-2-3-15-46-17-13-39(12-14-41)30(25)42/h5-6,19-22,41H,2-4,7-18H2,1H3,(H,37,38,43);2-3,5-6,19-22,41H,4,7-18H2,1H3,(H,37,38,43)/b;3-2+. The molecular formula is C66H80F6N8O14S2. The van der Waals surface area contributed by atoms with Crippen molar-refractivity contribution in [3.05, 3.63) is 141 Å². The van der Waals surface area contributed by atoms with Gasteiger partial charge in [0.1, 0.15) is 34.2 Å². The summed E-state index contributed by atoms with van der Waals surface area (Å²) >= 11 is 0. The van der Waals surface area contributed by atoms with Gasteiger partial charge in [0.2, 0.25) is 20.0 Å². The number of ether oxygens (including phenoxy) is 4. The summed E-state index contributed by atoms with van der Waals surface area (Å²) in [5.41, 5.74) is -0.503. The number of piperidine rings is 2. The van der Waals surface area contributed by atoms with E-state index >= 15 is 0 Å². The number of nitrogens with one attached hydrogen (secondary N) is 2. The number of benzene rings is 4. The van der Waals surface area contributed by atoms with E-state index in [4.69, 9.17) is 18.9 Å². The van der Waals surface area contributed by atoms with Gasteiger partial charge in [0, 0.05) is 81.2 Å². The van der Waals surface area contributed by atoms with Crippen LogP contribution in [0.3, 0.4) is 0 Å². The summed E-state index contributed by atoms with van der Waals surface area (Å²) in [7, 11) is -7.45. The number of carbonyl (C=O) groups excluding carboxylic acids is 4. The van der Waals surface area contributed by atoms with Gasteiger partial charge in [-0.1, -0.05) is 24.3 Å². The number of halogens is 6. The molecule has 10 aliphatic heterocycles. The lowest BCUT2D eigenvalue weighted by Crippen LogP contribution is -2.50. The van der Waals surface area contributed by atoms with Gasteiger partial charge >= 0.3 is 12.4 Å². The molecule has 14 bridgehead atoms. The Morgan fingerprint density at radius 1 is 0.521 bits per heavy atom. The van der Waals surface area contributed by atoms with Crippen LogP contribution in [0, 0.1) is 13.8 Å². The van der Waals surface area contributed by atoms with E-state index in [1.54, 1.807) is 55.5 Å². The van der Waals surface area contributed by atoms with Crippen molar-refractivity contribution in [2.45, 2.75) is 101 Å². The number of sulfonamides is 2. The summed E-state index contributed by atoms with van der Waals surface area (Å²) in [6.45, 7) is 5.31. The molecule has 22 nitrogen and oxygen atoms in total. The minimum atomic E-state index is -4.68. The molecule has 0 aromatic heterocycles. The monoisotopic (exact) mass is 1390 g/mol. The maximum absolute atomic E-state index is 13.8. The molecule has 30 heteroatoms. The number of aliphatic hydroxyl groups is 2. The first kappa shape index (κ1) is 72.9. The van der Waals surface area contributed by atoms with Crippen molar-refractivity contribution < 1.29 is 91.5 Å². The van der Waals surface area contributed by atoms with Crippen LogP contribution in [-0.2, 0) is 64.3 Å². The molecule has 4 N–H and O–H groups in total. The predicted octanol–water partition coefficient (Wildman–Crippen LogP) is 6.40. The van der Waals surface area contributed by atoms with Gasteiger partial charge in [0.15, 0.2) is 0 Å². The molecular weight excluding hydrogens is 1310 g/mol. The summed E-state index contributed by atoms with van der Waals surface area (Å²) in [4.78, 5) is 64.8. The first-order valence-electron chi connectivity index (χ1n) is 31.9. The molecule has 0 radical (unpaired) electrons. The second-order valence-electron chi connectivity index (χ2n) is 24.3. The SMILES string of the molecule is Cc1cc2ccc1CCS(=O)(=O)N1CCC3(CC1)N=C(NC3=O)c1cc(cc(C(F)(F)F)c1)OCC/C=C/COCCN(CCO)C2=O.Cc1cc2ccc1CCS(=O)(=O)N1CCC3(CC1)N=C(NC3=O)c1cc(cc(C(F)(F)F)c1)OCCCCCOCCN(CCO)C2=O. The van der Waals surface area contributed by atoms with Gasteiger partial charge in [-0.25, -0.2) is 25.4 Å². The molecule has 0 unspecified atom stereocenters. The van der Waals surface area contributed by atoms with Crippen LogP contribution in [0.25, 0.3) is 0 Å². The van der Waals surface area contributed by atoms with E-state index in [0.29, 0.717) is 43.4 Å². The first-order valence-corrected chi connectivity index (χ1v) is 35.1. The number of rotatable bonds is 4. The van der Waals surface area contributed by atoms with Gasteiger partial charge in [0.25, 0.3) is 23.6 Å². The van der Waals surface area contributed by atoms with Crippen LogP contribution < -0.4 is 20.1 Å². The number of amides is 4. The Kier molecular flexibility index (Phi) is 23.9. The molecule has 10 heterocycles. The van der Waals surface area contributed by atoms with Crippen molar-refractivity contribution >= 4 is 55.3 Å². The van der Waals surface area contributed by atoms with Gasteiger partial charge in [-0.05, 0) is 161 Å². The first-order chi connectivity index (χ1) is 45.6. The number of fused-ring (bicyclic) bond motifs is 4. The van der Waals surface area contributed by atoms with E-state index < -0.39 is 66.4 Å². The van der Waals surface area contributed by atoms with E-state index in [1.807, 2.05) is 6.92 Å². The maximum atomic E-state index is 13.8. The van der Waals surface area contributed by atoms with Crippen LogP contribution in [0.15, 0.2) is 94.9 Å². The van der Waals surface area contributed by atoms with E-state index in [9.17, 15) is 72.6 Å². The molecule has 10 aliphatic rings. The minimum absolute atomic E-state index is 0.00303. The Balaban J connectivity index is 0.000000225. The fraction of sp³-hybridized carbons (Fsp3) is 0.515. The number of nitrogens with zero attached hydrogens (tertiary/aromatic N) is 6. The zero-order valence-electron chi connectivity index (χ0n) is 53.4. The summed E-state index contributed by atoms with van der Waals surface area (Å²) in [6.07, 6.45) is -2.84. The number of hydrogen-bond donors (Lipinski definition) is 4. The lowest BCUT2D eigenvalue weighted by Gasteiger charge is -2.34. The lowest BCUT2D eigenvalue weighted by molar-refractivity contribution is -0.138. The number of aliphatic imine (C=N–C) groups is 2. The molecule has 4 amide bonds. The third-order valence-electron chi connectivity index (χ3n) is 17.8. The fourth-order valence-electron chi connectivity index (χ4n) is 12.1. The highest BCUT2D eigenvalue weighted by Gasteiger charge is 2.50. The van der Waals surface area contributed by atoms with Crippen molar-refractivity contribution in [1.82, 2.24) is 29.0 Å². The average molecular weight is 1390 g/mol. The van der Waals surface area contributed by atoms with E-state index in [2.05, 4.69) is 20.6 Å². The van der Waals surface area contributed by atoms with Crippen LogP contribution in [0.5, 0.6) is 11.5 Å². The maximum Gasteiger partial charge on any atom is 0.416 e. The minimum Gasteiger partial charge on any atom is -0.494 e. The second-order valence-corrected chi connectivity index (χ2v) is 28.5. The third kappa shape index (κ3) is 18.3. The van der Waals surface area contributed by atoms with Crippen molar-refractivity contribution in [1.29, 1.82) is 0 Å². The second kappa shape index (κ2) is 31.5. The molecule has 0 aliphatic carbocycles. The molecule has 2 spiro atoms. The van der Waals surface area contributed by atoms with Crippen LogP contribution in [-0.4, -0.2) is 209 Å². The van der Waals surface area contributed by atoms with Crippen LogP contribution in [0.1, 0.15) is 117 Å². The molecule has 14 rings (SSSR count). The van der Waals surface area contributed by atoms with Crippen molar-refractivity contribution in [2.75, 3.05) is 117 Å². The number of aryl methyl sites for hydroxylation is 4. The van der Waals surface area contributed by atoms with Crippen LogP contribution >= 0.6 is 0 Å². The zero-order chi connectivity index (χ0) is 69.1. The molecule has 4 aromatic rings. The number of aliphatic hydroxyl groups excluding tert-OH is 2. The Labute approximate surface area is 553 Å². The Bertz CT molecular complexity index is 3800. The third-order valence-corrected chi connectivity index (χ3v) is 21.5. The molecule has 522 valence electrons. The summed E-state index contributed by atoms with van der Waals surface area (Å²) in [5.74, 6) is -1.98. The lowest BCUT2D eigenvalue weighted by atomic mass is 9.89. The van der Waals surface area contributed by atoms with Crippen molar-refractivity contribution in [3.8, 4) is 11.5 Å². The molecule has 96 heavy (non-hydrogen) atoms. The van der Waals surface area contributed by atoms with Gasteiger partial charge in [-0.2, -0.15) is 26.3 Å². The van der Waals surface area contributed by atoms with Crippen LogP contribution in [0.2, 0.25) is 0 Å². The van der Waals surface area contributed by atoms with Gasteiger partial charge < -0.3 is 49.6 Å². The summed E-state index contributed by atoms with van der Waals surface area (Å²) in [5, 5.41) is 24.3. The van der Waals surface area contributed by atoms with Crippen molar-refractivity contribution in [3.63, 3.8) is 0 Å². The highest BCUT2D eigenvalue weighted by molar-refractivity contribution is 7.89. The van der Waals surface area contributed by atoms with Crippen LogP contribution in [0.4, 0.5) is 26.3 Å². The predicted molar refractivity (Wildman–Crippen MR) is 343 cm³/mol. The summed E-state index contributed by atoms with van der Waals surface area (Å²) in [6, 6.07) is 16.6. The summed E-state index contributed by atoms with van der Waals surface area (Å²) < 4.78 is 162. The van der Waals surface area contributed by atoms with Gasteiger partial charge in [-0.3, -0.25) is 29.2 Å². The van der Waals surface area contributed by atoms with Crippen molar-refractivity contribution in [2.24, 2.45) is 9.98 Å². The number of hydrogen-bond acceptors (Lipinski definition) is 16. The molecule has 2 fully saturated rings. The van der Waals surface area contributed by atoms with E-state index in [-0.39, 0.29) is 195 Å². The normalized spacial score (nSPS) is 24.6. The molecule has 2 saturated heterocycles. The van der Waals surface area contributed by atoms with E-state index in [0.717, 1.165) is 46.5 Å². The quantitative estimate of drug-likeness (QED) is 0.127. The van der Waals surface area contributed by atoms with Gasteiger partial charge in [-0.15, -0.1) is 0 Å². The zero-order valence-corrected chi connectivity index (χ0v) is 55.1. The molecule has 0 saturated carbocycles. The van der Waals surface area contributed by atoms with Gasteiger partial charge in [0.05, 0.1) is 68.9 Å². The largest absolute Gasteiger partial charge is 0.494 e. The molecule has 0 atom stereocenters. The van der Waals surface area contributed by atoms with E-state index in [1.165, 1.54) is 30.5 Å². The Morgan fingerprint density at radius 2 is 0.958 bits per heavy atom. The fourth-order valence-corrected chi connectivity index (χ4v) is 15.1. The average Bonchev–Trinajstić information content (AvgIpc) is 1.61. The topological polar surface area (TPSA) is 276 Å². The number of alkyl halides is 6. The number of carbonyl (C=O) groups is 4. The Morgan fingerprint density at radius 3 is 1.40 bits per heavy atom. The molecule has 4 aromatic carbocycles.